The van der Waals surface area contributed by atoms with Gasteiger partial charge in [-0.3, -0.25) is 4.99 Å². The SMILES string of the molecule is CN=C(NCC1(CCOC)CCC1)Nc1ccc2c(c1)OCCCO2. The topological polar surface area (TPSA) is 64.1 Å². The number of hydrogen-bond acceptors (Lipinski definition) is 4. The van der Waals surface area contributed by atoms with Crippen molar-refractivity contribution in [3.8, 4) is 11.5 Å². The molecule has 2 aliphatic rings. The normalized spacial score (nSPS) is 18.9. The highest BCUT2D eigenvalue weighted by atomic mass is 16.5. The Morgan fingerprint density at radius 3 is 2.68 bits per heavy atom. The fourth-order valence-electron chi connectivity index (χ4n) is 3.34. The second-order valence-corrected chi connectivity index (χ2v) is 6.86. The molecule has 0 atom stereocenters. The lowest BCUT2D eigenvalue weighted by molar-refractivity contribution is 0.0735. The molecule has 1 aromatic carbocycles. The van der Waals surface area contributed by atoms with Gasteiger partial charge in [-0.2, -0.15) is 0 Å². The molecule has 1 saturated carbocycles. The maximum atomic E-state index is 5.75. The number of nitrogens with zero attached hydrogens (tertiary/aromatic N) is 1. The van der Waals surface area contributed by atoms with Gasteiger partial charge in [0.05, 0.1) is 13.2 Å². The van der Waals surface area contributed by atoms with Crippen molar-refractivity contribution in [2.45, 2.75) is 32.1 Å². The summed E-state index contributed by atoms with van der Waals surface area (Å²) in [5.41, 5.74) is 1.29. The Labute approximate surface area is 149 Å². The van der Waals surface area contributed by atoms with E-state index in [9.17, 15) is 0 Å². The minimum Gasteiger partial charge on any atom is -0.490 e. The van der Waals surface area contributed by atoms with E-state index in [2.05, 4.69) is 15.6 Å². The Morgan fingerprint density at radius 1 is 1.20 bits per heavy atom. The van der Waals surface area contributed by atoms with Crippen molar-refractivity contribution in [1.82, 2.24) is 5.32 Å². The summed E-state index contributed by atoms with van der Waals surface area (Å²) in [7, 11) is 3.56. The highest BCUT2D eigenvalue weighted by molar-refractivity contribution is 5.93. The van der Waals surface area contributed by atoms with Crippen molar-refractivity contribution >= 4 is 11.6 Å². The third kappa shape index (κ3) is 4.57. The Hall–Kier alpha value is -1.95. The number of hydrogen-bond donors (Lipinski definition) is 2. The van der Waals surface area contributed by atoms with Crippen LogP contribution >= 0.6 is 0 Å². The van der Waals surface area contributed by atoms with E-state index in [0.29, 0.717) is 18.6 Å². The number of rotatable bonds is 6. The van der Waals surface area contributed by atoms with E-state index in [1.807, 2.05) is 18.2 Å². The average molecular weight is 347 g/mol. The molecule has 1 heterocycles. The average Bonchev–Trinajstić information content (AvgIpc) is 2.84. The molecule has 0 aromatic heterocycles. The molecule has 1 fully saturated rings. The standard InChI is InChI=1S/C19H29N3O3/c1-20-18(21-14-19(7-3-8-19)9-12-23-2)22-15-5-6-16-17(13-15)25-11-4-10-24-16/h5-6,13H,3-4,7-12,14H2,1-2H3,(H2,20,21,22). The van der Waals surface area contributed by atoms with Crippen LogP contribution in [0.25, 0.3) is 0 Å². The van der Waals surface area contributed by atoms with Crippen molar-refractivity contribution in [3.63, 3.8) is 0 Å². The second kappa shape index (κ2) is 8.43. The highest BCUT2D eigenvalue weighted by Gasteiger charge is 2.36. The molecule has 1 aliphatic carbocycles. The molecule has 1 aromatic rings. The summed E-state index contributed by atoms with van der Waals surface area (Å²) in [5.74, 6) is 2.37. The molecule has 0 saturated heterocycles. The molecular weight excluding hydrogens is 318 g/mol. The largest absolute Gasteiger partial charge is 0.490 e. The predicted molar refractivity (Wildman–Crippen MR) is 99.8 cm³/mol. The molecular formula is C19H29N3O3. The number of anilines is 1. The zero-order valence-electron chi connectivity index (χ0n) is 15.3. The van der Waals surface area contributed by atoms with Gasteiger partial charge in [0.2, 0.25) is 0 Å². The van der Waals surface area contributed by atoms with Crippen molar-refractivity contribution in [3.05, 3.63) is 18.2 Å². The first-order chi connectivity index (χ1) is 12.2. The van der Waals surface area contributed by atoms with E-state index in [4.69, 9.17) is 14.2 Å². The van der Waals surface area contributed by atoms with Crippen LogP contribution in [0.2, 0.25) is 0 Å². The quantitative estimate of drug-likeness (QED) is 0.612. The van der Waals surface area contributed by atoms with Crippen molar-refractivity contribution in [1.29, 1.82) is 0 Å². The van der Waals surface area contributed by atoms with Crippen LogP contribution in [-0.4, -0.2) is 46.5 Å². The van der Waals surface area contributed by atoms with Crippen LogP contribution in [0.4, 0.5) is 5.69 Å². The maximum absolute atomic E-state index is 5.75. The van der Waals surface area contributed by atoms with Crippen LogP contribution in [0.1, 0.15) is 32.1 Å². The van der Waals surface area contributed by atoms with Crippen molar-refractivity contribution < 1.29 is 14.2 Å². The van der Waals surface area contributed by atoms with Crippen LogP contribution in [0.3, 0.4) is 0 Å². The summed E-state index contributed by atoms with van der Waals surface area (Å²) in [6.07, 6.45) is 5.82. The molecule has 0 amide bonds. The molecule has 1 aliphatic heterocycles. The summed E-state index contributed by atoms with van der Waals surface area (Å²) in [4.78, 5) is 4.35. The summed E-state index contributed by atoms with van der Waals surface area (Å²) >= 11 is 0. The number of nitrogens with one attached hydrogen (secondary N) is 2. The lowest BCUT2D eigenvalue weighted by Gasteiger charge is -2.42. The van der Waals surface area contributed by atoms with Gasteiger partial charge >= 0.3 is 0 Å². The summed E-state index contributed by atoms with van der Waals surface area (Å²) in [6, 6.07) is 5.91. The van der Waals surface area contributed by atoms with E-state index in [1.54, 1.807) is 14.2 Å². The van der Waals surface area contributed by atoms with Crippen LogP contribution in [0.5, 0.6) is 11.5 Å². The molecule has 138 valence electrons. The number of fused-ring (bicyclic) bond motifs is 1. The fourth-order valence-corrected chi connectivity index (χ4v) is 3.34. The second-order valence-electron chi connectivity index (χ2n) is 6.86. The van der Waals surface area contributed by atoms with Crippen molar-refractivity contribution in [2.75, 3.05) is 45.8 Å². The van der Waals surface area contributed by atoms with Crippen LogP contribution < -0.4 is 20.1 Å². The van der Waals surface area contributed by atoms with E-state index < -0.39 is 0 Å². The Kier molecular flexibility index (Phi) is 6.02. The minimum absolute atomic E-state index is 0.346. The van der Waals surface area contributed by atoms with E-state index in [-0.39, 0.29) is 0 Å². The smallest absolute Gasteiger partial charge is 0.195 e. The number of ether oxygens (including phenoxy) is 3. The van der Waals surface area contributed by atoms with Gasteiger partial charge in [-0.1, -0.05) is 6.42 Å². The molecule has 2 N–H and O–H groups in total. The van der Waals surface area contributed by atoms with Gasteiger partial charge in [-0.25, -0.2) is 0 Å². The first-order valence-electron chi connectivity index (χ1n) is 9.11. The van der Waals surface area contributed by atoms with Crippen molar-refractivity contribution in [2.24, 2.45) is 10.4 Å². The van der Waals surface area contributed by atoms with Gasteiger partial charge in [0.15, 0.2) is 17.5 Å². The summed E-state index contributed by atoms with van der Waals surface area (Å²) in [5, 5.41) is 6.82. The molecule has 25 heavy (non-hydrogen) atoms. The van der Waals surface area contributed by atoms with Crippen LogP contribution in [0, 0.1) is 5.41 Å². The summed E-state index contributed by atoms with van der Waals surface area (Å²) < 4.78 is 16.7. The predicted octanol–water partition coefficient (Wildman–Crippen LogP) is 3.04. The molecule has 0 spiro atoms. The fraction of sp³-hybridized carbons (Fsp3) is 0.632. The third-order valence-corrected chi connectivity index (χ3v) is 5.12. The van der Waals surface area contributed by atoms with Gasteiger partial charge in [-0.05, 0) is 36.8 Å². The molecule has 0 unspecified atom stereocenters. The molecule has 6 heteroatoms. The first kappa shape index (κ1) is 17.9. The van der Waals surface area contributed by atoms with Gasteiger partial charge in [0.1, 0.15) is 0 Å². The highest BCUT2D eigenvalue weighted by Crippen LogP contribution is 2.43. The maximum Gasteiger partial charge on any atom is 0.195 e. The Morgan fingerprint density at radius 2 is 2.00 bits per heavy atom. The summed E-state index contributed by atoms with van der Waals surface area (Å²) in [6.45, 7) is 3.12. The van der Waals surface area contributed by atoms with Gasteiger partial charge < -0.3 is 24.8 Å². The minimum atomic E-state index is 0.346. The van der Waals surface area contributed by atoms with Gasteiger partial charge in [0.25, 0.3) is 0 Å². The van der Waals surface area contributed by atoms with Crippen LogP contribution in [-0.2, 0) is 4.74 Å². The third-order valence-electron chi connectivity index (χ3n) is 5.12. The zero-order valence-corrected chi connectivity index (χ0v) is 15.3. The number of guanidine groups is 1. The van der Waals surface area contributed by atoms with E-state index >= 15 is 0 Å². The Bertz CT molecular complexity index is 600. The Balaban J connectivity index is 1.58. The first-order valence-corrected chi connectivity index (χ1v) is 9.11. The number of methoxy groups -OCH3 is 1. The van der Waals surface area contributed by atoms with E-state index in [1.165, 1.54) is 19.3 Å². The molecule has 0 bridgehead atoms. The van der Waals surface area contributed by atoms with Gasteiger partial charge in [0, 0.05) is 45.5 Å². The molecule has 0 radical (unpaired) electrons. The number of aliphatic imine (C=N–C) groups is 1. The zero-order chi connectivity index (χ0) is 17.5. The van der Waals surface area contributed by atoms with Crippen LogP contribution in [0.15, 0.2) is 23.2 Å². The van der Waals surface area contributed by atoms with Gasteiger partial charge in [-0.15, -0.1) is 0 Å². The lowest BCUT2D eigenvalue weighted by atomic mass is 9.67. The lowest BCUT2D eigenvalue weighted by Crippen LogP contribution is -2.44. The number of benzene rings is 1. The molecule has 3 rings (SSSR count). The monoisotopic (exact) mass is 347 g/mol. The van der Waals surface area contributed by atoms with E-state index in [0.717, 1.165) is 49.1 Å². The molecule has 6 nitrogen and oxygen atoms in total.